The lowest BCUT2D eigenvalue weighted by molar-refractivity contribution is -0.145. The van der Waals surface area contributed by atoms with Crippen molar-refractivity contribution in [2.75, 3.05) is 19.8 Å². The first-order valence-electron chi connectivity index (χ1n) is 17.6. The smallest absolute Gasteiger partial charge is 0.328 e. The molecule has 14 N–H and O–H groups in total. The molecule has 2 aromatic rings. The van der Waals surface area contributed by atoms with E-state index in [1.165, 1.54) is 48.5 Å². The lowest BCUT2D eigenvalue weighted by atomic mass is 9.98. The van der Waals surface area contributed by atoms with Gasteiger partial charge in [-0.15, -0.1) is 0 Å². The fraction of sp³-hybridized carbons (Fsp3) is 0.472. The summed E-state index contributed by atoms with van der Waals surface area (Å²) >= 11 is 0. The summed E-state index contributed by atoms with van der Waals surface area (Å²) in [7, 11) is 0. The molecule has 2 rings (SSSR count). The van der Waals surface area contributed by atoms with E-state index in [0.29, 0.717) is 17.5 Å². The molecule has 2 aromatic carbocycles. The van der Waals surface area contributed by atoms with E-state index in [-0.39, 0.29) is 30.3 Å². The predicted octanol–water partition coefficient (Wildman–Crippen LogP) is -3.75. The molecule has 0 aliphatic heterocycles. The van der Waals surface area contributed by atoms with Gasteiger partial charge in [-0.1, -0.05) is 44.5 Å². The lowest BCUT2D eigenvalue weighted by Crippen LogP contribution is -2.60. The zero-order valence-corrected chi connectivity index (χ0v) is 31.1. The van der Waals surface area contributed by atoms with Gasteiger partial charge in [0, 0.05) is 12.8 Å². The van der Waals surface area contributed by atoms with Crippen LogP contribution >= 0.6 is 0 Å². The van der Waals surface area contributed by atoms with Crippen LogP contribution in [0, 0.1) is 5.92 Å². The van der Waals surface area contributed by atoms with E-state index in [1.807, 2.05) is 12.2 Å². The van der Waals surface area contributed by atoms with E-state index >= 15 is 0 Å². The number of hydrogen-bond acceptors (Lipinski definition) is 13. The molecule has 20 nitrogen and oxygen atoms in total. The van der Waals surface area contributed by atoms with Crippen LogP contribution in [-0.4, -0.2) is 134 Å². The monoisotopic (exact) mass is 789 g/mol. The van der Waals surface area contributed by atoms with E-state index < -0.39 is 104 Å². The first kappa shape index (κ1) is 46.3. The maximum atomic E-state index is 13.8. The second-order valence-corrected chi connectivity index (χ2v) is 13.1. The highest BCUT2D eigenvalue weighted by molar-refractivity contribution is 5.96. The Morgan fingerprint density at radius 3 is 1.45 bits per heavy atom. The van der Waals surface area contributed by atoms with Gasteiger partial charge in [0.05, 0.1) is 31.9 Å². The number of benzene rings is 2. The van der Waals surface area contributed by atoms with Crippen LogP contribution in [0.1, 0.15) is 38.3 Å². The summed E-state index contributed by atoms with van der Waals surface area (Å²) in [4.78, 5) is 89.7. The number of nitrogens with one attached hydrogen (secondary N) is 6. The van der Waals surface area contributed by atoms with Gasteiger partial charge in [0.25, 0.3) is 0 Å². The maximum Gasteiger partial charge on any atom is 0.328 e. The van der Waals surface area contributed by atoms with Crippen LogP contribution in [0.15, 0.2) is 48.5 Å². The highest BCUT2D eigenvalue weighted by Gasteiger charge is 2.33. The quantitative estimate of drug-likeness (QED) is 0.0545. The standard InChI is InChI=1S/C36H51N7O13/c1-4-18(2)29(37)35(54)41-25(14-21-7-11-23(48)12-8-21)32(51)40-24(13-20-5-9-22(47)10-6-20)33(52)42-26(16-44)31(50)38-15-28(49)39-27(17-45)34(53)43-30(19(3)46)36(55)56/h5-12,18-19,24-27,29-30,44-48H,4,13-17,37H2,1-3H3,(H,38,50)(H,39,49)(H,40,51)(H,41,54)(H,42,52)(H,43,53)(H,55,56)/t18-,19+,24-,25-,26-,27-,29-,30-/m0/s1. The van der Waals surface area contributed by atoms with E-state index in [0.717, 1.165) is 6.92 Å². The Bertz CT molecular complexity index is 1660. The van der Waals surface area contributed by atoms with Gasteiger partial charge in [-0.25, -0.2) is 4.79 Å². The number of carboxylic acid groups (broad SMARTS) is 1. The van der Waals surface area contributed by atoms with Crippen molar-refractivity contribution in [3.05, 3.63) is 59.7 Å². The SMILES string of the molecule is CC[C@H](C)[C@H](N)C(=O)N[C@@H](Cc1ccc(O)cc1)C(=O)N[C@@H](Cc1ccc(O)cc1)C(=O)N[C@@H](CO)C(=O)NCC(=O)N[C@@H](CO)C(=O)N[C@H](C(=O)O)[C@@H](C)O. The minimum absolute atomic E-state index is 0.0346. The van der Waals surface area contributed by atoms with Crippen molar-refractivity contribution in [3.63, 3.8) is 0 Å². The van der Waals surface area contributed by atoms with Crippen LogP contribution in [0.25, 0.3) is 0 Å². The third-order valence-corrected chi connectivity index (χ3v) is 8.70. The van der Waals surface area contributed by atoms with Crippen LogP contribution in [0.2, 0.25) is 0 Å². The average molecular weight is 790 g/mol. The third-order valence-electron chi connectivity index (χ3n) is 8.70. The number of phenolic OH excluding ortho intramolecular Hbond substituents is 2. The molecule has 0 fully saturated rings. The van der Waals surface area contributed by atoms with Gasteiger partial charge in [0.2, 0.25) is 35.4 Å². The summed E-state index contributed by atoms with van der Waals surface area (Å²) in [5.41, 5.74) is 7.11. The number of carbonyl (C=O) groups is 7. The Morgan fingerprint density at radius 1 is 0.625 bits per heavy atom. The van der Waals surface area contributed by atoms with Gasteiger partial charge in [-0.2, -0.15) is 0 Å². The topological polar surface area (TPSA) is 339 Å². The molecule has 0 saturated carbocycles. The first-order valence-corrected chi connectivity index (χ1v) is 17.6. The number of aliphatic hydroxyl groups excluding tert-OH is 3. The van der Waals surface area contributed by atoms with Crippen LogP contribution in [0.3, 0.4) is 0 Å². The van der Waals surface area contributed by atoms with Crippen molar-refractivity contribution in [1.29, 1.82) is 0 Å². The van der Waals surface area contributed by atoms with Crippen molar-refractivity contribution >= 4 is 41.4 Å². The van der Waals surface area contributed by atoms with Crippen LogP contribution < -0.4 is 37.6 Å². The van der Waals surface area contributed by atoms with E-state index in [2.05, 4.69) is 26.6 Å². The summed E-state index contributed by atoms with van der Waals surface area (Å²) in [6.07, 6.45) is -1.23. The number of carbonyl (C=O) groups excluding carboxylic acids is 6. The molecule has 0 radical (unpaired) electrons. The Morgan fingerprint density at radius 2 is 1.04 bits per heavy atom. The molecular weight excluding hydrogens is 738 g/mol. The van der Waals surface area contributed by atoms with Crippen LogP contribution in [0.4, 0.5) is 0 Å². The average Bonchev–Trinajstić information content (AvgIpc) is 3.16. The number of nitrogens with two attached hydrogens (primary N) is 1. The predicted molar refractivity (Wildman–Crippen MR) is 197 cm³/mol. The van der Waals surface area contributed by atoms with E-state index in [4.69, 9.17) is 10.8 Å². The molecule has 0 spiro atoms. The van der Waals surface area contributed by atoms with Crippen molar-refractivity contribution in [2.24, 2.45) is 11.7 Å². The van der Waals surface area contributed by atoms with Crippen LogP contribution in [-0.2, 0) is 46.4 Å². The first-order chi connectivity index (χ1) is 26.4. The molecular formula is C36H51N7O13. The summed E-state index contributed by atoms with van der Waals surface area (Å²) in [5.74, 6) is -7.62. The maximum absolute atomic E-state index is 13.8. The highest BCUT2D eigenvalue weighted by atomic mass is 16.4. The molecule has 56 heavy (non-hydrogen) atoms. The van der Waals surface area contributed by atoms with Crippen LogP contribution in [0.5, 0.6) is 11.5 Å². The number of rotatable bonds is 22. The zero-order chi connectivity index (χ0) is 42.1. The number of aliphatic hydroxyl groups is 3. The number of phenols is 2. The Hall–Kier alpha value is -5.83. The molecule has 8 atom stereocenters. The molecule has 0 bridgehead atoms. The van der Waals surface area contributed by atoms with Gasteiger partial charge >= 0.3 is 5.97 Å². The molecule has 0 aromatic heterocycles. The number of aromatic hydroxyl groups is 2. The molecule has 0 aliphatic rings. The second kappa shape index (κ2) is 22.5. The minimum atomic E-state index is -1.75. The second-order valence-electron chi connectivity index (χ2n) is 13.1. The van der Waals surface area contributed by atoms with Gasteiger partial charge < -0.3 is 68.3 Å². The number of hydrogen-bond donors (Lipinski definition) is 13. The fourth-order valence-corrected chi connectivity index (χ4v) is 5.05. The largest absolute Gasteiger partial charge is 0.508 e. The molecule has 0 saturated heterocycles. The van der Waals surface area contributed by atoms with Crippen molar-refractivity contribution in [2.45, 2.75) is 82.4 Å². The fourth-order valence-electron chi connectivity index (χ4n) is 5.05. The van der Waals surface area contributed by atoms with Gasteiger partial charge in [0.1, 0.15) is 35.7 Å². The third kappa shape index (κ3) is 14.8. The zero-order valence-electron chi connectivity index (χ0n) is 31.1. The molecule has 0 unspecified atom stereocenters. The molecule has 6 amide bonds. The molecule has 0 aliphatic carbocycles. The molecule has 0 heterocycles. The lowest BCUT2D eigenvalue weighted by Gasteiger charge is -2.26. The summed E-state index contributed by atoms with van der Waals surface area (Å²) in [5, 5.41) is 71.4. The van der Waals surface area contributed by atoms with Gasteiger partial charge in [-0.05, 0) is 48.2 Å². The summed E-state index contributed by atoms with van der Waals surface area (Å²) in [6, 6.07) is 2.68. The van der Waals surface area contributed by atoms with Crippen molar-refractivity contribution in [3.8, 4) is 11.5 Å². The highest BCUT2D eigenvalue weighted by Crippen LogP contribution is 2.14. The normalized spacial score (nSPS) is 15.3. The van der Waals surface area contributed by atoms with Crippen molar-refractivity contribution < 1.29 is 64.2 Å². The number of carboxylic acids is 1. The van der Waals surface area contributed by atoms with E-state index in [9.17, 15) is 59.1 Å². The molecule has 308 valence electrons. The summed E-state index contributed by atoms with van der Waals surface area (Å²) < 4.78 is 0. The number of amides is 6. The molecule has 20 heteroatoms. The van der Waals surface area contributed by atoms with Gasteiger partial charge in [-0.3, -0.25) is 28.8 Å². The minimum Gasteiger partial charge on any atom is -0.508 e. The Kier molecular flexibility index (Phi) is 18.6. The van der Waals surface area contributed by atoms with Crippen molar-refractivity contribution in [1.82, 2.24) is 31.9 Å². The Labute approximate surface area is 322 Å². The Balaban J connectivity index is 2.24. The number of aliphatic carboxylic acids is 1. The summed E-state index contributed by atoms with van der Waals surface area (Å²) in [6.45, 7) is 1.91. The van der Waals surface area contributed by atoms with E-state index in [1.54, 1.807) is 6.92 Å². The van der Waals surface area contributed by atoms with Gasteiger partial charge in [0.15, 0.2) is 6.04 Å².